The van der Waals surface area contributed by atoms with Crippen molar-refractivity contribution in [3.63, 3.8) is 0 Å². The Morgan fingerprint density at radius 2 is 2.00 bits per heavy atom. The van der Waals surface area contributed by atoms with E-state index in [0.29, 0.717) is 22.8 Å². The molecule has 5 heteroatoms. The number of allylic oxidation sites excluding steroid dienone is 4. The standard InChI is InChI=1S/C16H13ClO3S/c1-19-10-3-4-11-13(18)6-9-5-12(17)14(20-2)8-15(9)21-16(11)7-10/h3-4,6-8H,5H2,1-2H3. The van der Waals surface area contributed by atoms with E-state index in [9.17, 15) is 4.79 Å². The van der Waals surface area contributed by atoms with Crippen molar-refractivity contribution >= 4 is 29.1 Å². The molecule has 0 fully saturated rings. The van der Waals surface area contributed by atoms with Crippen molar-refractivity contribution in [2.75, 3.05) is 14.2 Å². The molecule has 1 aliphatic carbocycles. The number of hydrogen-bond acceptors (Lipinski definition) is 4. The second kappa shape index (κ2) is 5.62. The summed E-state index contributed by atoms with van der Waals surface area (Å²) in [6.07, 6.45) is 4.05. The highest BCUT2D eigenvalue weighted by Crippen LogP contribution is 2.44. The summed E-state index contributed by atoms with van der Waals surface area (Å²) in [6.45, 7) is 0. The largest absolute Gasteiger partial charge is 0.497 e. The van der Waals surface area contributed by atoms with Crippen LogP contribution in [-0.4, -0.2) is 20.0 Å². The molecule has 21 heavy (non-hydrogen) atoms. The topological polar surface area (TPSA) is 35.5 Å². The van der Waals surface area contributed by atoms with E-state index in [2.05, 4.69) is 0 Å². The van der Waals surface area contributed by atoms with Gasteiger partial charge in [0.1, 0.15) is 11.5 Å². The molecule has 0 N–H and O–H groups in total. The zero-order valence-corrected chi connectivity index (χ0v) is 13.2. The Balaban J connectivity index is 2.10. The number of ketones is 1. The van der Waals surface area contributed by atoms with E-state index >= 15 is 0 Å². The number of benzene rings is 1. The Hall–Kier alpha value is -1.65. The van der Waals surface area contributed by atoms with Gasteiger partial charge >= 0.3 is 0 Å². The third kappa shape index (κ3) is 2.61. The fraction of sp³-hybridized carbons (Fsp3) is 0.188. The van der Waals surface area contributed by atoms with Crippen molar-refractivity contribution in [2.24, 2.45) is 0 Å². The monoisotopic (exact) mass is 320 g/mol. The Bertz CT molecular complexity index is 716. The number of carbonyl (C=O) groups is 1. The number of rotatable bonds is 2. The zero-order chi connectivity index (χ0) is 15.0. The second-order valence-electron chi connectivity index (χ2n) is 4.66. The van der Waals surface area contributed by atoms with Gasteiger partial charge in [-0.2, -0.15) is 0 Å². The maximum atomic E-state index is 12.4. The van der Waals surface area contributed by atoms with Crippen molar-refractivity contribution in [2.45, 2.75) is 11.3 Å². The first-order chi connectivity index (χ1) is 10.1. The maximum absolute atomic E-state index is 12.4. The van der Waals surface area contributed by atoms with Crippen LogP contribution in [0.4, 0.5) is 0 Å². The first-order valence-electron chi connectivity index (χ1n) is 6.38. The molecule has 3 nitrogen and oxygen atoms in total. The normalized spacial score (nSPS) is 17.4. The number of halogens is 1. The fourth-order valence-corrected chi connectivity index (χ4v) is 3.68. The van der Waals surface area contributed by atoms with E-state index in [0.717, 1.165) is 21.1 Å². The van der Waals surface area contributed by atoms with Crippen LogP contribution in [0.25, 0.3) is 0 Å². The van der Waals surface area contributed by atoms with E-state index in [1.165, 1.54) is 11.8 Å². The van der Waals surface area contributed by atoms with Crippen LogP contribution in [0, 0.1) is 0 Å². The van der Waals surface area contributed by atoms with E-state index in [-0.39, 0.29) is 5.78 Å². The van der Waals surface area contributed by atoms with Gasteiger partial charge in [-0.05, 0) is 35.9 Å². The van der Waals surface area contributed by atoms with Gasteiger partial charge in [0.05, 0.1) is 19.3 Å². The van der Waals surface area contributed by atoms with Crippen LogP contribution in [0.5, 0.6) is 5.75 Å². The molecule has 0 unspecified atom stereocenters. The van der Waals surface area contributed by atoms with Gasteiger partial charge in [0.2, 0.25) is 0 Å². The van der Waals surface area contributed by atoms with E-state index in [4.69, 9.17) is 21.1 Å². The highest BCUT2D eigenvalue weighted by Gasteiger charge is 2.25. The fourth-order valence-electron chi connectivity index (χ4n) is 2.29. The summed E-state index contributed by atoms with van der Waals surface area (Å²) in [4.78, 5) is 14.2. The molecule has 0 radical (unpaired) electrons. The summed E-state index contributed by atoms with van der Waals surface area (Å²) in [5.74, 6) is 1.37. The van der Waals surface area contributed by atoms with Crippen molar-refractivity contribution in [1.29, 1.82) is 0 Å². The summed E-state index contributed by atoms with van der Waals surface area (Å²) < 4.78 is 10.5. The number of fused-ring (bicyclic) bond motifs is 2. The maximum Gasteiger partial charge on any atom is 0.187 e. The van der Waals surface area contributed by atoms with Gasteiger partial charge in [-0.3, -0.25) is 4.79 Å². The molecule has 0 saturated carbocycles. The van der Waals surface area contributed by atoms with Crippen LogP contribution in [0.3, 0.4) is 0 Å². The number of thioether (sulfide) groups is 1. The van der Waals surface area contributed by atoms with Crippen molar-refractivity contribution in [3.05, 3.63) is 57.2 Å². The molecule has 0 aromatic heterocycles. The molecule has 2 aliphatic rings. The van der Waals surface area contributed by atoms with Gasteiger partial charge in [0, 0.05) is 21.8 Å². The number of methoxy groups -OCH3 is 2. The molecule has 1 aromatic rings. The predicted molar refractivity (Wildman–Crippen MR) is 83.9 cm³/mol. The molecule has 1 heterocycles. The molecule has 1 aliphatic heterocycles. The number of ether oxygens (including phenoxy) is 2. The van der Waals surface area contributed by atoms with Gasteiger partial charge in [-0.25, -0.2) is 0 Å². The van der Waals surface area contributed by atoms with Gasteiger partial charge in [0.15, 0.2) is 5.78 Å². The molecule has 1 aromatic carbocycles. The first kappa shape index (κ1) is 14.3. The van der Waals surface area contributed by atoms with Crippen LogP contribution < -0.4 is 4.74 Å². The van der Waals surface area contributed by atoms with Crippen LogP contribution in [0.2, 0.25) is 0 Å². The first-order valence-corrected chi connectivity index (χ1v) is 7.57. The molecular formula is C16H13ClO3S. The smallest absolute Gasteiger partial charge is 0.187 e. The predicted octanol–water partition coefficient (Wildman–Crippen LogP) is 4.29. The van der Waals surface area contributed by atoms with Crippen LogP contribution in [-0.2, 0) is 4.74 Å². The van der Waals surface area contributed by atoms with Crippen molar-refractivity contribution in [1.82, 2.24) is 0 Å². The Morgan fingerprint density at radius 1 is 1.19 bits per heavy atom. The summed E-state index contributed by atoms with van der Waals surface area (Å²) in [7, 11) is 3.20. The molecular weight excluding hydrogens is 308 g/mol. The molecule has 0 atom stereocenters. The number of carbonyl (C=O) groups excluding carboxylic acids is 1. The molecule has 3 rings (SSSR count). The van der Waals surface area contributed by atoms with Gasteiger partial charge in [-0.1, -0.05) is 23.4 Å². The molecule has 0 amide bonds. The average molecular weight is 321 g/mol. The lowest BCUT2D eigenvalue weighted by Crippen LogP contribution is -2.00. The van der Waals surface area contributed by atoms with Gasteiger partial charge < -0.3 is 9.47 Å². The van der Waals surface area contributed by atoms with Crippen LogP contribution >= 0.6 is 23.4 Å². The second-order valence-corrected chi connectivity index (χ2v) is 6.20. The summed E-state index contributed by atoms with van der Waals surface area (Å²) in [6, 6.07) is 5.47. The minimum absolute atomic E-state index is 0.0103. The van der Waals surface area contributed by atoms with Gasteiger partial charge in [-0.15, -0.1) is 0 Å². The van der Waals surface area contributed by atoms with E-state index in [1.54, 1.807) is 32.4 Å². The van der Waals surface area contributed by atoms with Gasteiger partial charge in [0.25, 0.3) is 0 Å². The van der Waals surface area contributed by atoms with Crippen molar-refractivity contribution < 1.29 is 14.3 Å². The third-order valence-corrected chi connectivity index (χ3v) is 4.87. The minimum atomic E-state index is -0.0103. The summed E-state index contributed by atoms with van der Waals surface area (Å²) in [5, 5.41) is 0.615. The lowest BCUT2D eigenvalue weighted by molar-refractivity contribution is 0.104. The SMILES string of the molecule is COC1=C(Cl)CC2=CC(=O)c3ccc(OC)cc3SC2=C1. The Morgan fingerprint density at radius 3 is 2.71 bits per heavy atom. The minimum Gasteiger partial charge on any atom is -0.497 e. The number of hydrogen-bond donors (Lipinski definition) is 0. The average Bonchev–Trinajstić information content (AvgIpc) is 2.61. The lowest BCUT2D eigenvalue weighted by Gasteiger charge is -2.17. The Kier molecular flexibility index (Phi) is 3.83. The molecule has 0 spiro atoms. The van der Waals surface area contributed by atoms with E-state index < -0.39 is 0 Å². The molecule has 108 valence electrons. The quantitative estimate of drug-likeness (QED) is 0.814. The lowest BCUT2D eigenvalue weighted by atomic mass is 10.0. The third-order valence-electron chi connectivity index (χ3n) is 3.39. The highest BCUT2D eigenvalue weighted by molar-refractivity contribution is 8.03. The van der Waals surface area contributed by atoms with Crippen LogP contribution in [0.1, 0.15) is 16.8 Å². The molecule has 0 bridgehead atoms. The van der Waals surface area contributed by atoms with Crippen LogP contribution in [0.15, 0.2) is 56.5 Å². The van der Waals surface area contributed by atoms with Crippen molar-refractivity contribution in [3.8, 4) is 5.75 Å². The zero-order valence-electron chi connectivity index (χ0n) is 11.6. The summed E-state index contributed by atoms with van der Waals surface area (Å²) >= 11 is 7.73. The molecule has 0 saturated heterocycles. The van der Waals surface area contributed by atoms with E-state index in [1.807, 2.05) is 12.1 Å². The Labute approximate surface area is 132 Å². The highest BCUT2D eigenvalue weighted by atomic mass is 35.5. The summed E-state index contributed by atoms with van der Waals surface area (Å²) in [5.41, 5.74) is 1.60.